The van der Waals surface area contributed by atoms with Crippen LogP contribution in [0.15, 0.2) is 41.4 Å². The predicted molar refractivity (Wildman–Crippen MR) is 79.9 cm³/mol. The highest BCUT2D eigenvalue weighted by molar-refractivity contribution is 5.93. The average Bonchev–Trinajstić information content (AvgIpc) is 2.41. The first kappa shape index (κ1) is 13.3. The zero-order valence-electron chi connectivity index (χ0n) is 11.6. The van der Waals surface area contributed by atoms with Gasteiger partial charge in [0.2, 0.25) is 6.41 Å². The number of aryl methyl sites for hydroxylation is 1. The normalized spacial score (nSPS) is 11.6. The molecule has 0 unspecified atom stereocenters. The summed E-state index contributed by atoms with van der Waals surface area (Å²) in [5.74, 6) is 0.718. The second-order valence-corrected chi connectivity index (χ2v) is 4.54. The Morgan fingerprint density at radius 3 is 2.47 bits per heavy atom. The quantitative estimate of drug-likeness (QED) is 0.467. The van der Waals surface area contributed by atoms with Gasteiger partial charge in [-0.25, -0.2) is 4.99 Å². The molecule has 0 heterocycles. The molecule has 0 saturated heterocycles. The highest BCUT2D eigenvalue weighted by Gasteiger charge is 2.05. The van der Waals surface area contributed by atoms with Crippen LogP contribution in [0.1, 0.15) is 19.4 Å². The van der Waals surface area contributed by atoms with Crippen molar-refractivity contribution < 1.29 is 4.79 Å². The van der Waals surface area contributed by atoms with Crippen molar-refractivity contribution in [1.82, 2.24) is 4.90 Å². The number of amidine groups is 1. The lowest BCUT2D eigenvalue weighted by Gasteiger charge is -2.14. The van der Waals surface area contributed by atoms with Gasteiger partial charge in [0.25, 0.3) is 0 Å². The fraction of sp³-hybridized carbons (Fsp3) is 0.250. The van der Waals surface area contributed by atoms with Crippen molar-refractivity contribution in [3.63, 3.8) is 0 Å². The van der Waals surface area contributed by atoms with E-state index >= 15 is 0 Å². The highest BCUT2D eigenvalue weighted by Crippen LogP contribution is 2.26. The molecule has 2 aromatic rings. The van der Waals surface area contributed by atoms with Crippen molar-refractivity contribution >= 4 is 28.7 Å². The number of hydrogen-bond acceptors (Lipinski definition) is 2. The summed E-state index contributed by atoms with van der Waals surface area (Å²) in [6.07, 6.45) is 0.815. The fourth-order valence-electron chi connectivity index (χ4n) is 2.08. The molecule has 0 atom stereocenters. The van der Waals surface area contributed by atoms with E-state index in [2.05, 4.69) is 29.3 Å². The molecule has 0 aliphatic carbocycles. The zero-order chi connectivity index (χ0) is 13.8. The summed E-state index contributed by atoms with van der Waals surface area (Å²) in [7, 11) is 0. The zero-order valence-corrected chi connectivity index (χ0v) is 11.6. The lowest BCUT2D eigenvalue weighted by Crippen LogP contribution is -2.26. The van der Waals surface area contributed by atoms with E-state index in [1.54, 1.807) is 4.90 Å². The summed E-state index contributed by atoms with van der Waals surface area (Å²) < 4.78 is 0. The summed E-state index contributed by atoms with van der Waals surface area (Å²) in [6.45, 7) is 6.45. The van der Waals surface area contributed by atoms with Crippen molar-refractivity contribution in [3.05, 3.63) is 42.0 Å². The summed E-state index contributed by atoms with van der Waals surface area (Å²) in [5, 5.41) is 2.37. The van der Waals surface area contributed by atoms with Crippen LogP contribution in [0, 0.1) is 6.92 Å². The first-order chi connectivity index (χ1) is 9.15. The van der Waals surface area contributed by atoms with Gasteiger partial charge >= 0.3 is 0 Å². The Morgan fingerprint density at radius 2 is 1.89 bits per heavy atom. The van der Waals surface area contributed by atoms with Gasteiger partial charge in [0.1, 0.15) is 5.84 Å². The topological polar surface area (TPSA) is 32.7 Å². The van der Waals surface area contributed by atoms with Gasteiger partial charge in [-0.3, -0.25) is 4.79 Å². The number of aliphatic imine (C=N–C) groups is 1. The molecule has 0 aromatic heterocycles. The fourth-order valence-corrected chi connectivity index (χ4v) is 2.08. The Bertz CT molecular complexity index is 632. The second kappa shape index (κ2) is 5.65. The molecular formula is C16H18N2O. The van der Waals surface area contributed by atoms with Crippen LogP contribution in [0.5, 0.6) is 0 Å². The van der Waals surface area contributed by atoms with Crippen LogP contribution in [0.2, 0.25) is 0 Å². The molecule has 0 fully saturated rings. The molecule has 0 bridgehead atoms. The highest BCUT2D eigenvalue weighted by atomic mass is 16.1. The van der Waals surface area contributed by atoms with Crippen LogP contribution < -0.4 is 0 Å². The molecule has 0 aliphatic rings. The molecule has 98 valence electrons. The monoisotopic (exact) mass is 254 g/mol. The molecular weight excluding hydrogens is 236 g/mol. The van der Waals surface area contributed by atoms with Crippen molar-refractivity contribution in [2.24, 2.45) is 4.99 Å². The summed E-state index contributed by atoms with van der Waals surface area (Å²) in [6, 6.07) is 12.4. The minimum atomic E-state index is 0.630. The minimum absolute atomic E-state index is 0.630. The molecule has 0 saturated carbocycles. The van der Waals surface area contributed by atoms with Crippen LogP contribution in [-0.2, 0) is 4.79 Å². The van der Waals surface area contributed by atoms with Crippen LogP contribution in [0.4, 0.5) is 5.69 Å². The van der Waals surface area contributed by atoms with Gasteiger partial charge < -0.3 is 4.90 Å². The van der Waals surface area contributed by atoms with E-state index in [-0.39, 0.29) is 0 Å². The summed E-state index contributed by atoms with van der Waals surface area (Å²) >= 11 is 0. The molecule has 1 amide bonds. The van der Waals surface area contributed by atoms with Gasteiger partial charge in [0.05, 0.1) is 5.69 Å². The third-order valence-electron chi connectivity index (χ3n) is 3.23. The van der Waals surface area contributed by atoms with Crippen molar-refractivity contribution in [3.8, 4) is 0 Å². The van der Waals surface area contributed by atoms with Crippen LogP contribution in [-0.4, -0.2) is 23.7 Å². The van der Waals surface area contributed by atoms with E-state index in [0.717, 1.165) is 28.9 Å². The Labute approximate surface area is 113 Å². The molecule has 0 radical (unpaired) electrons. The van der Waals surface area contributed by atoms with Crippen molar-refractivity contribution in [2.75, 3.05) is 6.54 Å². The molecule has 3 heteroatoms. The average molecular weight is 254 g/mol. The van der Waals surface area contributed by atoms with Gasteiger partial charge in [-0.2, -0.15) is 0 Å². The van der Waals surface area contributed by atoms with E-state index in [0.29, 0.717) is 6.54 Å². The molecule has 19 heavy (non-hydrogen) atoms. The van der Waals surface area contributed by atoms with Crippen LogP contribution in [0.3, 0.4) is 0 Å². The number of benzene rings is 2. The maximum atomic E-state index is 10.9. The largest absolute Gasteiger partial charge is 0.303 e. The minimum Gasteiger partial charge on any atom is -0.303 e. The standard InChI is InChI=1S/C16H18N2O/c1-4-18(11-19)13(3)17-16-10-15-8-6-5-7-14(15)9-12(16)2/h5-11H,4H2,1-3H3. The van der Waals surface area contributed by atoms with E-state index in [1.807, 2.05) is 32.9 Å². The van der Waals surface area contributed by atoms with Crippen LogP contribution >= 0.6 is 0 Å². The first-order valence-electron chi connectivity index (χ1n) is 6.42. The first-order valence-corrected chi connectivity index (χ1v) is 6.42. The SMILES string of the molecule is CCN(C=O)C(C)=Nc1cc2ccccc2cc1C. The van der Waals surface area contributed by atoms with E-state index in [4.69, 9.17) is 0 Å². The smallest absolute Gasteiger partial charge is 0.215 e. The van der Waals surface area contributed by atoms with Gasteiger partial charge in [-0.15, -0.1) is 0 Å². The Balaban J connectivity index is 2.47. The van der Waals surface area contributed by atoms with E-state index in [9.17, 15) is 4.79 Å². The number of carbonyl (C=O) groups is 1. The molecule has 3 nitrogen and oxygen atoms in total. The number of rotatable bonds is 3. The number of carbonyl (C=O) groups excluding carboxylic acids is 1. The summed E-state index contributed by atoms with van der Waals surface area (Å²) in [5.41, 5.74) is 2.02. The number of nitrogens with zero attached hydrogens (tertiary/aromatic N) is 2. The van der Waals surface area contributed by atoms with Gasteiger partial charge in [-0.1, -0.05) is 24.3 Å². The van der Waals surface area contributed by atoms with Gasteiger partial charge in [0, 0.05) is 6.54 Å². The molecule has 0 N–H and O–H groups in total. The van der Waals surface area contributed by atoms with Crippen LogP contribution in [0.25, 0.3) is 10.8 Å². The maximum absolute atomic E-state index is 10.9. The molecule has 2 aromatic carbocycles. The Morgan fingerprint density at radius 1 is 1.26 bits per heavy atom. The van der Waals surface area contributed by atoms with E-state index < -0.39 is 0 Å². The molecule has 0 aliphatic heterocycles. The Kier molecular flexibility index (Phi) is 3.95. The summed E-state index contributed by atoms with van der Waals surface area (Å²) in [4.78, 5) is 17.1. The predicted octanol–water partition coefficient (Wildman–Crippen LogP) is 3.68. The lowest BCUT2D eigenvalue weighted by atomic mass is 10.1. The Hall–Kier alpha value is -2.16. The second-order valence-electron chi connectivity index (χ2n) is 4.54. The van der Waals surface area contributed by atoms with Gasteiger partial charge in [0.15, 0.2) is 0 Å². The van der Waals surface area contributed by atoms with Crippen molar-refractivity contribution in [1.29, 1.82) is 0 Å². The lowest BCUT2D eigenvalue weighted by molar-refractivity contribution is -0.114. The van der Waals surface area contributed by atoms with Gasteiger partial charge in [-0.05, 0) is 49.2 Å². The molecule has 0 spiro atoms. The maximum Gasteiger partial charge on any atom is 0.215 e. The molecule has 2 rings (SSSR count). The van der Waals surface area contributed by atoms with Crippen molar-refractivity contribution in [2.45, 2.75) is 20.8 Å². The number of amides is 1. The number of hydrogen-bond donors (Lipinski definition) is 0. The van der Waals surface area contributed by atoms with E-state index in [1.165, 1.54) is 5.39 Å². The third-order valence-corrected chi connectivity index (χ3v) is 3.23. The number of fused-ring (bicyclic) bond motifs is 1. The third kappa shape index (κ3) is 2.81.